The fraction of sp³-hybridized carbons (Fsp3) is 0.333. The number of halogens is 1. The number of rotatable bonds is 6. The van der Waals surface area contributed by atoms with E-state index in [0.717, 1.165) is 5.56 Å². The summed E-state index contributed by atoms with van der Waals surface area (Å²) >= 11 is 6.00. The van der Waals surface area contributed by atoms with Gasteiger partial charge in [0.25, 0.3) is 0 Å². The first-order chi connectivity index (χ1) is 9.58. The van der Waals surface area contributed by atoms with Crippen molar-refractivity contribution in [3.05, 3.63) is 40.9 Å². The molecule has 108 valence electrons. The van der Waals surface area contributed by atoms with E-state index in [1.54, 1.807) is 26.0 Å². The topological polar surface area (TPSA) is 46.6 Å². The summed E-state index contributed by atoms with van der Waals surface area (Å²) in [5.41, 5.74) is 0.759. The largest absolute Gasteiger partial charge is 0.465 e. The van der Waals surface area contributed by atoms with E-state index in [2.05, 4.69) is 0 Å². The number of hydrogen-bond acceptors (Lipinski definition) is 3. The highest BCUT2D eigenvalue weighted by atomic mass is 35.5. The van der Waals surface area contributed by atoms with Crippen LogP contribution in [0.4, 0.5) is 0 Å². The van der Waals surface area contributed by atoms with Crippen LogP contribution in [0.3, 0.4) is 0 Å². The Bertz CT molecular complexity index is 500. The number of ether oxygens (including phenoxy) is 1. The molecule has 0 spiro atoms. The zero-order valence-electron chi connectivity index (χ0n) is 11.6. The lowest BCUT2D eigenvalue weighted by Gasteiger charge is -2.17. The van der Waals surface area contributed by atoms with E-state index in [9.17, 15) is 9.59 Å². The average molecular weight is 296 g/mol. The van der Waals surface area contributed by atoms with Crippen molar-refractivity contribution in [2.45, 2.75) is 13.8 Å². The predicted molar refractivity (Wildman–Crippen MR) is 79.4 cm³/mol. The third kappa shape index (κ3) is 5.05. The van der Waals surface area contributed by atoms with Crippen molar-refractivity contribution in [2.75, 3.05) is 19.7 Å². The molecule has 0 radical (unpaired) electrons. The Morgan fingerprint density at radius 3 is 2.60 bits per heavy atom. The van der Waals surface area contributed by atoms with Crippen LogP contribution in [0, 0.1) is 0 Å². The maximum absolute atomic E-state index is 12.0. The summed E-state index contributed by atoms with van der Waals surface area (Å²) in [6.45, 7) is 4.23. The SMILES string of the molecule is CCOC(=O)CN(CC)C(=O)/C=C/c1ccccc1Cl. The van der Waals surface area contributed by atoms with Crippen LogP contribution in [0.25, 0.3) is 6.08 Å². The van der Waals surface area contributed by atoms with Gasteiger partial charge in [0.2, 0.25) is 5.91 Å². The van der Waals surface area contributed by atoms with Crippen molar-refractivity contribution in [3.63, 3.8) is 0 Å². The number of esters is 1. The number of carbonyl (C=O) groups is 2. The molecule has 5 heteroatoms. The fourth-order valence-electron chi connectivity index (χ4n) is 1.58. The van der Waals surface area contributed by atoms with Crippen LogP contribution in [-0.2, 0) is 14.3 Å². The van der Waals surface area contributed by atoms with E-state index in [1.165, 1.54) is 11.0 Å². The molecule has 0 atom stereocenters. The Morgan fingerprint density at radius 2 is 2.00 bits per heavy atom. The molecule has 0 heterocycles. The Morgan fingerprint density at radius 1 is 1.30 bits per heavy atom. The highest BCUT2D eigenvalue weighted by Crippen LogP contribution is 2.16. The van der Waals surface area contributed by atoms with Crippen molar-refractivity contribution in [1.29, 1.82) is 0 Å². The fourth-order valence-corrected chi connectivity index (χ4v) is 1.78. The lowest BCUT2D eigenvalue weighted by Crippen LogP contribution is -2.35. The van der Waals surface area contributed by atoms with Gasteiger partial charge in [0.15, 0.2) is 0 Å². The van der Waals surface area contributed by atoms with Gasteiger partial charge in [-0.15, -0.1) is 0 Å². The predicted octanol–water partition coefficient (Wildman–Crippen LogP) is 2.76. The Balaban J connectivity index is 2.68. The normalized spacial score (nSPS) is 10.6. The van der Waals surface area contributed by atoms with E-state index in [-0.39, 0.29) is 12.5 Å². The van der Waals surface area contributed by atoms with Gasteiger partial charge in [-0.1, -0.05) is 29.8 Å². The molecule has 0 aliphatic rings. The summed E-state index contributed by atoms with van der Waals surface area (Å²) in [7, 11) is 0. The van der Waals surface area contributed by atoms with Gasteiger partial charge >= 0.3 is 5.97 Å². The average Bonchev–Trinajstić information content (AvgIpc) is 2.44. The molecular weight excluding hydrogens is 278 g/mol. The Labute approximate surface area is 124 Å². The third-order valence-corrected chi connectivity index (χ3v) is 2.97. The van der Waals surface area contributed by atoms with Gasteiger partial charge in [0.1, 0.15) is 6.54 Å². The van der Waals surface area contributed by atoms with Crippen molar-refractivity contribution in [1.82, 2.24) is 4.90 Å². The van der Waals surface area contributed by atoms with E-state index in [4.69, 9.17) is 16.3 Å². The van der Waals surface area contributed by atoms with Crippen LogP contribution >= 0.6 is 11.6 Å². The Hall–Kier alpha value is -1.81. The molecule has 1 aromatic carbocycles. The monoisotopic (exact) mass is 295 g/mol. The summed E-state index contributed by atoms with van der Waals surface area (Å²) < 4.78 is 4.83. The van der Waals surface area contributed by atoms with Crippen LogP contribution in [0.1, 0.15) is 19.4 Å². The highest BCUT2D eigenvalue weighted by Gasteiger charge is 2.13. The van der Waals surface area contributed by atoms with Gasteiger partial charge in [-0.05, 0) is 31.6 Å². The van der Waals surface area contributed by atoms with Crippen molar-refractivity contribution < 1.29 is 14.3 Å². The minimum Gasteiger partial charge on any atom is -0.465 e. The lowest BCUT2D eigenvalue weighted by atomic mass is 10.2. The number of nitrogens with zero attached hydrogens (tertiary/aromatic N) is 1. The number of carbonyl (C=O) groups excluding carboxylic acids is 2. The molecule has 1 aromatic rings. The minimum absolute atomic E-state index is 0.0456. The molecule has 4 nitrogen and oxygen atoms in total. The molecule has 0 fully saturated rings. The second kappa shape index (κ2) is 8.38. The molecule has 0 saturated carbocycles. The molecule has 0 N–H and O–H groups in total. The molecule has 0 saturated heterocycles. The van der Waals surface area contributed by atoms with Crippen molar-refractivity contribution >= 4 is 29.6 Å². The second-order valence-electron chi connectivity index (χ2n) is 4.01. The summed E-state index contributed by atoms with van der Waals surface area (Å²) in [6, 6.07) is 7.22. The first-order valence-corrected chi connectivity index (χ1v) is 6.83. The van der Waals surface area contributed by atoms with Crippen LogP contribution in [0.2, 0.25) is 5.02 Å². The van der Waals surface area contributed by atoms with E-state index in [0.29, 0.717) is 18.2 Å². The highest BCUT2D eigenvalue weighted by molar-refractivity contribution is 6.32. The zero-order chi connectivity index (χ0) is 15.0. The molecule has 0 aliphatic carbocycles. The maximum Gasteiger partial charge on any atom is 0.325 e. The van der Waals surface area contributed by atoms with Crippen LogP contribution in [-0.4, -0.2) is 36.5 Å². The molecule has 0 aliphatic heterocycles. The first kappa shape index (κ1) is 16.2. The van der Waals surface area contributed by atoms with E-state index >= 15 is 0 Å². The molecular formula is C15H18ClNO3. The second-order valence-corrected chi connectivity index (χ2v) is 4.42. The molecule has 0 bridgehead atoms. The zero-order valence-corrected chi connectivity index (χ0v) is 12.4. The maximum atomic E-state index is 12.0. The summed E-state index contributed by atoms with van der Waals surface area (Å²) in [6.07, 6.45) is 3.04. The van der Waals surface area contributed by atoms with Gasteiger partial charge in [0, 0.05) is 17.6 Å². The van der Waals surface area contributed by atoms with Crippen LogP contribution in [0.15, 0.2) is 30.3 Å². The van der Waals surface area contributed by atoms with Crippen LogP contribution in [0.5, 0.6) is 0 Å². The first-order valence-electron chi connectivity index (χ1n) is 6.45. The summed E-state index contributed by atoms with van der Waals surface area (Å²) in [5.74, 6) is -0.658. The minimum atomic E-state index is -0.408. The quantitative estimate of drug-likeness (QED) is 0.599. The lowest BCUT2D eigenvalue weighted by molar-refractivity contribution is -0.147. The number of amides is 1. The molecule has 20 heavy (non-hydrogen) atoms. The molecule has 0 unspecified atom stereocenters. The van der Waals surface area contributed by atoms with Gasteiger partial charge < -0.3 is 9.64 Å². The van der Waals surface area contributed by atoms with Crippen LogP contribution < -0.4 is 0 Å². The van der Waals surface area contributed by atoms with E-state index in [1.807, 2.05) is 18.2 Å². The molecule has 1 rings (SSSR count). The van der Waals surface area contributed by atoms with Crippen molar-refractivity contribution in [3.8, 4) is 0 Å². The standard InChI is InChI=1S/C15H18ClNO3/c1-3-17(11-15(19)20-4-2)14(18)10-9-12-7-5-6-8-13(12)16/h5-10H,3-4,11H2,1-2H3/b10-9+. The third-order valence-electron chi connectivity index (χ3n) is 2.63. The molecule has 1 amide bonds. The Kier molecular flexibility index (Phi) is 6.81. The van der Waals surface area contributed by atoms with Gasteiger partial charge in [-0.3, -0.25) is 9.59 Å². The summed E-state index contributed by atoms with van der Waals surface area (Å²) in [5, 5.41) is 0.574. The van der Waals surface area contributed by atoms with E-state index < -0.39 is 5.97 Å². The van der Waals surface area contributed by atoms with Gasteiger partial charge in [0.05, 0.1) is 6.61 Å². The smallest absolute Gasteiger partial charge is 0.325 e. The van der Waals surface area contributed by atoms with Gasteiger partial charge in [-0.2, -0.15) is 0 Å². The number of benzene rings is 1. The summed E-state index contributed by atoms with van der Waals surface area (Å²) in [4.78, 5) is 24.8. The van der Waals surface area contributed by atoms with Crippen molar-refractivity contribution in [2.24, 2.45) is 0 Å². The van der Waals surface area contributed by atoms with Gasteiger partial charge in [-0.25, -0.2) is 0 Å². The molecule has 0 aromatic heterocycles. The number of hydrogen-bond donors (Lipinski definition) is 0. The number of likely N-dealkylation sites (N-methyl/N-ethyl adjacent to an activating group) is 1.